The lowest BCUT2D eigenvalue weighted by Crippen LogP contribution is -2.28. The second kappa shape index (κ2) is 5.95. The average molecular weight is 392 g/mol. The number of fused-ring (bicyclic) bond motifs is 1. The molecule has 2 aromatic rings. The molecule has 2 rings (SSSR count). The van der Waals surface area contributed by atoms with E-state index in [4.69, 9.17) is 4.74 Å². The molecule has 0 bridgehead atoms. The monoisotopic (exact) mass is 391 g/mol. The number of rotatable bonds is 1. The lowest BCUT2D eigenvalue weighted by Gasteiger charge is -2.20. The first-order valence-electron chi connectivity index (χ1n) is 6.50. The first kappa shape index (κ1) is 17.5. The number of benzene rings is 1. The van der Waals surface area contributed by atoms with Crippen molar-refractivity contribution >= 4 is 38.7 Å². The van der Waals surface area contributed by atoms with E-state index in [1.807, 2.05) is 0 Å². The zero-order valence-corrected chi connectivity index (χ0v) is 14.0. The van der Waals surface area contributed by atoms with Crippen molar-refractivity contribution in [2.24, 2.45) is 0 Å². The molecule has 9 heteroatoms. The molecule has 1 N–H and O–H groups in total. The van der Waals surface area contributed by atoms with Crippen LogP contribution in [0.3, 0.4) is 0 Å². The van der Waals surface area contributed by atoms with E-state index in [0.29, 0.717) is 4.47 Å². The summed E-state index contributed by atoms with van der Waals surface area (Å²) in [5.41, 5.74) is -0.740. The lowest BCUT2D eigenvalue weighted by molar-refractivity contribution is -0.144. The Kier molecular flexibility index (Phi) is 4.52. The average Bonchev–Trinajstić information content (AvgIpc) is 2.34. The summed E-state index contributed by atoms with van der Waals surface area (Å²) in [5.74, 6) is -1.60. The predicted octanol–water partition coefficient (Wildman–Crippen LogP) is 4.76. The second-order valence-electron chi connectivity index (χ2n) is 5.68. The van der Waals surface area contributed by atoms with Gasteiger partial charge in [0, 0.05) is 9.86 Å². The fraction of sp³-hybridized carbons (Fsp3) is 0.357. The minimum absolute atomic E-state index is 0.0489. The SMILES string of the molecule is CC(C)(C)OC(=O)Nc1nc(C(F)(F)F)nc2cc(Br)ccc12. The number of carbonyl (C=O) groups excluding carboxylic acids is 1. The highest BCUT2D eigenvalue weighted by Crippen LogP contribution is 2.31. The van der Waals surface area contributed by atoms with Gasteiger partial charge in [-0.25, -0.2) is 14.8 Å². The smallest absolute Gasteiger partial charge is 0.444 e. The van der Waals surface area contributed by atoms with Gasteiger partial charge in [0.15, 0.2) is 0 Å². The van der Waals surface area contributed by atoms with Crippen molar-refractivity contribution in [3.8, 4) is 0 Å². The highest BCUT2D eigenvalue weighted by atomic mass is 79.9. The van der Waals surface area contributed by atoms with Gasteiger partial charge in [-0.3, -0.25) is 5.32 Å². The Balaban J connectivity index is 2.50. The molecule has 0 radical (unpaired) electrons. The number of nitrogens with one attached hydrogen (secondary N) is 1. The van der Waals surface area contributed by atoms with Crippen molar-refractivity contribution in [1.29, 1.82) is 0 Å². The van der Waals surface area contributed by atoms with Gasteiger partial charge in [-0.15, -0.1) is 0 Å². The van der Waals surface area contributed by atoms with Gasteiger partial charge < -0.3 is 4.74 Å². The van der Waals surface area contributed by atoms with Gasteiger partial charge in [-0.05, 0) is 39.0 Å². The number of ether oxygens (including phenoxy) is 1. The lowest BCUT2D eigenvalue weighted by atomic mass is 10.2. The van der Waals surface area contributed by atoms with Gasteiger partial charge in [0.05, 0.1) is 5.52 Å². The molecule has 23 heavy (non-hydrogen) atoms. The highest BCUT2D eigenvalue weighted by Gasteiger charge is 2.36. The Morgan fingerprint density at radius 2 is 1.87 bits per heavy atom. The normalized spacial score (nSPS) is 12.3. The molecule has 0 saturated heterocycles. The van der Waals surface area contributed by atoms with Crippen LogP contribution in [0.5, 0.6) is 0 Å². The maximum Gasteiger partial charge on any atom is 0.451 e. The molecule has 0 saturated carbocycles. The van der Waals surface area contributed by atoms with E-state index in [2.05, 4.69) is 31.2 Å². The summed E-state index contributed by atoms with van der Waals surface area (Å²) in [7, 11) is 0. The van der Waals surface area contributed by atoms with E-state index in [9.17, 15) is 18.0 Å². The number of alkyl halides is 3. The zero-order valence-electron chi connectivity index (χ0n) is 12.5. The summed E-state index contributed by atoms with van der Waals surface area (Å²) >= 11 is 3.17. The number of amides is 1. The molecule has 1 aromatic heterocycles. The molecule has 0 aliphatic heterocycles. The van der Waals surface area contributed by atoms with Gasteiger partial charge in [0.2, 0.25) is 5.82 Å². The topological polar surface area (TPSA) is 64.1 Å². The summed E-state index contributed by atoms with van der Waals surface area (Å²) in [6.07, 6.45) is -5.63. The molecular weight excluding hydrogens is 379 g/mol. The minimum Gasteiger partial charge on any atom is -0.444 e. The third kappa shape index (κ3) is 4.54. The summed E-state index contributed by atoms with van der Waals surface area (Å²) in [4.78, 5) is 18.7. The van der Waals surface area contributed by atoms with Crippen LogP contribution >= 0.6 is 15.9 Å². The fourth-order valence-corrected chi connectivity index (χ4v) is 2.07. The van der Waals surface area contributed by atoms with Crippen molar-refractivity contribution in [1.82, 2.24) is 9.97 Å². The van der Waals surface area contributed by atoms with Crippen molar-refractivity contribution in [2.75, 3.05) is 5.32 Å². The van der Waals surface area contributed by atoms with Gasteiger partial charge >= 0.3 is 12.3 Å². The summed E-state index contributed by atoms with van der Waals surface area (Å²) in [5, 5.41) is 2.52. The van der Waals surface area contributed by atoms with E-state index in [0.717, 1.165) is 0 Å². The van der Waals surface area contributed by atoms with Gasteiger partial charge in [-0.1, -0.05) is 15.9 Å². The molecule has 124 valence electrons. The molecule has 0 unspecified atom stereocenters. The Morgan fingerprint density at radius 3 is 2.43 bits per heavy atom. The predicted molar refractivity (Wildman–Crippen MR) is 82.1 cm³/mol. The third-order valence-corrected chi connectivity index (χ3v) is 3.03. The highest BCUT2D eigenvalue weighted by molar-refractivity contribution is 9.10. The summed E-state index contributed by atoms with van der Waals surface area (Å²) < 4.78 is 44.4. The molecule has 0 aliphatic rings. The van der Waals surface area contributed by atoms with Crippen molar-refractivity contribution in [3.05, 3.63) is 28.5 Å². The van der Waals surface area contributed by atoms with Crippen LogP contribution < -0.4 is 5.32 Å². The van der Waals surface area contributed by atoms with E-state index in [-0.39, 0.29) is 16.7 Å². The van der Waals surface area contributed by atoms with Gasteiger partial charge in [0.1, 0.15) is 11.4 Å². The largest absolute Gasteiger partial charge is 0.451 e. The summed E-state index contributed by atoms with van der Waals surface area (Å²) in [6, 6.07) is 4.53. The first-order chi connectivity index (χ1) is 10.5. The Labute approximate surface area is 138 Å². The van der Waals surface area contributed by atoms with Crippen LogP contribution in [0.15, 0.2) is 22.7 Å². The number of aromatic nitrogens is 2. The fourth-order valence-electron chi connectivity index (χ4n) is 1.73. The van der Waals surface area contributed by atoms with E-state index in [1.165, 1.54) is 12.1 Å². The number of nitrogens with zero attached hydrogens (tertiary/aromatic N) is 2. The summed E-state index contributed by atoms with van der Waals surface area (Å²) in [6.45, 7) is 4.93. The van der Waals surface area contributed by atoms with E-state index >= 15 is 0 Å². The zero-order chi connectivity index (χ0) is 17.4. The van der Waals surface area contributed by atoms with Crippen LogP contribution in [0.1, 0.15) is 26.6 Å². The molecule has 1 amide bonds. The molecule has 1 heterocycles. The number of carbonyl (C=O) groups is 1. The van der Waals surface area contributed by atoms with E-state index in [1.54, 1.807) is 26.8 Å². The van der Waals surface area contributed by atoms with Gasteiger partial charge in [0.25, 0.3) is 0 Å². The maximum absolute atomic E-state index is 12.9. The Morgan fingerprint density at radius 1 is 1.22 bits per heavy atom. The molecule has 0 atom stereocenters. The standard InChI is InChI=1S/C14H13BrF3N3O2/c1-13(2,3)23-12(22)21-10-8-5-4-7(15)6-9(8)19-11(20-10)14(16,17)18/h4-6H,1-3H3,(H,19,20,21,22). The molecule has 5 nitrogen and oxygen atoms in total. The van der Waals surface area contributed by atoms with Crippen LogP contribution in [0, 0.1) is 0 Å². The van der Waals surface area contributed by atoms with Crippen LogP contribution in [0.2, 0.25) is 0 Å². The second-order valence-corrected chi connectivity index (χ2v) is 6.60. The first-order valence-corrected chi connectivity index (χ1v) is 7.29. The molecular formula is C14H13BrF3N3O2. The molecule has 0 aliphatic carbocycles. The van der Waals surface area contributed by atoms with Crippen LogP contribution in [-0.4, -0.2) is 21.7 Å². The molecule has 1 aromatic carbocycles. The van der Waals surface area contributed by atoms with Crippen molar-refractivity contribution < 1.29 is 22.7 Å². The number of halogens is 4. The van der Waals surface area contributed by atoms with Crippen LogP contribution in [0.25, 0.3) is 10.9 Å². The molecule has 0 spiro atoms. The maximum atomic E-state index is 12.9. The number of anilines is 1. The van der Waals surface area contributed by atoms with Crippen molar-refractivity contribution in [3.63, 3.8) is 0 Å². The van der Waals surface area contributed by atoms with Gasteiger partial charge in [-0.2, -0.15) is 13.2 Å². The minimum atomic E-state index is -4.74. The Bertz CT molecular complexity index is 757. The Hall–Kier alpha value is -1.90. The third-order valence-electron chi connectivity index (χ3n) is 2.53. The van der Waals surface area contributed by atoms with Crippen LogP contribution in [0.4, 0.5) is 23.8 Å². The quantitative estimate of drug-likeness (QED) is 0.760. The van der Waals surface area contributed by atoms with E-state index < -0.39 is 23.7 Å². The van der Waals surface area contributed by atoms with Crippen LogP contribution in [-0.2, 0) is 10.9 Å². The molecule has 0 fully saturated rings. The number of hydrogen-bond donors (Lipinski definition) is 1. The number of hydrogen-bond acceptors (Lipinski definition) is 4. The van der Waals surface area contributed by atoms with Crippen molar-refractivity contribution in [2.45, 2.75) is 32.5 Å².